The lowest BCUT2D eigenvalue weighted by molar-refractivity contribution is 0.414. The molecule has 0 unspecified atom stereocenters. The molecule has 0 saturated heterocycles. The number of fused-ring (bicyclic) bond motifs is 1. The van der Waals surface area contributed by atoms with Crippen molar-refractivity contribution in [1.82, 2.24) is 0 Å². The van der Waals surface area contributed by atoms with Gasteiger partial charge in [-0.25, -0.2) is 16.8 Å². The number of methoxy groups -OCH3 is 2. The SMILES string of the molecule is COc1ccc(S(=O)(=O)c2ccc(S(=O)(=O)c3ccc(OC)cc3)c3c2CN=NC3)cc1. The third-order valence-corrected chi connectivity index (χ3v) is 8.93. The van der Waals surface area contributed by atoms with E-state index in [-0.39, 0.29) is 32.7 Å². The number of benzene rings is 3. The fourth-order valence-electron chi connectivity index (χ4n) is 3.51. The number of nitrogens with zero attached hydrogens (tertiary/aromatic N) is 2. The number of hydrogen-bond acceptors (Lipinski definition) is 8. The van der Waals surface area contributed by atoms with Crippen LogP contribution in [0.5, 0.6) is 11.5 Å². The van der Waals surface area contributed by atoms with Crippen LogP contribution in [-0.4, -0.2) is 31.1 Å². The van der Waals surface area contributed by atoms with E-state index in [1.165, 1.54) is 50.6 Å². The molecule has 0 radical (unpaired) electrons. The summed E-state index contributed by atoms with van der Waals surface area (Å²) in [5.41, 5.74) is 0.677. The van der Waals surface area contributed by atoms with Crippen LogP contribution in [0.1, 0.15) is 11.1 Å². The summed E-state index contributed by atoms with van der Waals surface area (Å²) in [7, 11) is -4.83. The van der Waals surface area contributed by atoms with Gasteiger partial charge in [0.25, 0.3) is 0 Å². The lowest BCUT2D eigenvalue weighted by atomic mass is 10.1. The normalized spacial score (nSPS) is 13.4. The molecule has 0 aliphatic carbocycles. The molecule has 0 saturated carbocycles. The van der Waals surface area contributed by atoms with Gasteiger partial charge in [0.1, 0.15) is 11.5 Å². The highest BCUT2D eigenvalue weighted by molar-refractivity contribution is 7.92. The maximum atomic E-state index is 13.3. The van der Waals surface area contributed by atoms with Gasteiger partial charge < -0.3 is 9.47 Å². The molecule has 0 amide bonds. The molecule has 8 nitrogen and oxygen atoms in total. The molecular weight excluding hydrogens is 452 g/mol. The zero-order valence-corrected chi connectivity index (χ0v) is 19.0. The Hall–Kier alpha value is -3.24. The maximum Gasteiger partial charge on any atom is 0.206 e. The van der Waals surface area contributed by atoms with E-state index >= 15 is 0 Å². The highest BCUT2D eigenvalue weighted by Crippen LogP contribution is 2.36. The zero-order valence-electron chi connectivity index (χ0n) is 17.3. The molecule has 4 rings (SSSR count). The minimum atomic E-state index is -3.91. The summed E-state index contributed by atoms with van der Waals surface area (Å²) < 4.78 is 63.5. The average Bonchev–Trinajstić information content (AvgIpc) is 2.83. The minimum absolute atomic E-state index is 0.0185. The van der Waals surface area contributed by atoms with Gasteiger partial charge in [0.15, 0.2) is 0 Å². The van der Waals surface area contributed by atoms with Crippen LogP contribution < -0.4 is 9.47 Å². The fraction of sp³-hybridized carbons (Fsp3) is 0.182. The van der Waals surface area contributed by atoms with Gasteiger partial charge in [-0.15, -0.1) is 0 Å². The van der Waals surface area contributed by atoms with E-state index in [1.54, 1.807) is 24.3 Å². The Morgan fingerprint density at radius 3 is 1.25 bits per heavy atom. The van der Waals surface area contributed by atoms with Crippen molar-refractivity contribution < 1.29 is 26.3 Å². The summed E-state index contributed by atoms with van der Waals surface area (Å²) in [5, 5.41) is 7.92. The molecule has 0 spiro atoms. The van der Waals surface area contributed by atoms with Crippen LogP contribution in [0.2, 0.25) is 0 Å². The quantitative estimate of drug-likeness (QED) is 0.539. The fourth-order valence-corrected chi connectivity index (χ4v) is 6.52. The van der Waals surface area contributed by atoms with E-state index in [9.17, 15) is 16.8 Å². The number of rotatable bonds is 6. The standard InChI is InChI=1S/C22H20N2O6S2/c1-29-15-3-7-17(8-4-15)31(25,26)21-11-12-22(20-14-24-23-13-19(20)21)32(27,28)18-9-5-16(30-2)6-10-18/h3-12H,13-14H2,1-2H3. The predicted molar refractivity (Wildman–Crippen MR) is 116 cm³/mol. The van der Waals surface area contributed by atoms with Gasteiger partial charge in [0.05, 0.1) is 46.9 Å². The molecular formula is C22H20N2O6S2. The molecule has 0 bridgehead atoms. The van der Waals surface area contributed by atoms with Crippen LogP contribution in [0.15, 0.2) is 90.5 Å². The van der Waals surface area contributed by atoms with E-state index in [2.05, 4.69) is 10.2 Å². The smallest absolute Gasteiger partial charge is 0.206 e. The third kappa shape index (κ3) is 3.76. The third-order valence-electron chi connectivity index (χ3n) is 5.22. The Morgan fingerprint density at radius 2 is 0.938 bits per heavy atom. The molecule has 1 aliphatic heterocycles. The molecule has 166 valence electrons. The van der Waals surface area contributed by atoms with Crippen LogP contribution in [0, 0.1) is 0 Å². The molecule has 0 aromatic heterocycles. The van der Waals surface area contributed by atoms with E-state index in [4.69, 9.17) is 9.47 Å². The van der Waals surface area contributed by atoms with Crippen molar-refractivity contribution in [1.29, 1.82) is 0 Å². The van der Waals surface area contributed by atoms with Gasteiger partial charge in [0.2, 0.25) is 19.7 Å². The number of hydrogen-bond donors (Lipinski definition) is 0. The van der Waals surface area contributed by atoms with Gasteiger partial charge in [-0.3, -0.25) is 0 Å². The van der Waals surface area contributed by atoms with Crippen molar-refractivity contribution in [3.63, 3.8) is 0 Å². The first-order valence-corrected chi connectivity index (χ1v) is 12.5. The highest BCUT2D eigenvalue weighted by atomic mass is 32.2. The van der Waals surface area contributed by atoms with Gasteiger partial charge in [0, 0.05) is 11.1 Å². The topological polar surface area (TPSA) is 111 Å². The summed E-state index contributed by atoms with van der Waals surface area (Å²) >= 11 is 0. The summed E-state index contributed by atoms with van der Waals surface area (Å²) in [6, 6.07) is 14.7. The van der Waals surface area contributed by atoms with E-state index in [1.807, 2.05) is 0 Å². The molecule has 1 aliphatic rings. The molecule has 3 aromatic rings. The molecule has 0 N–H and O–H groups in total. The van der Waals surface area contributed by atoms with E-state index < -0.39 is 19.7 Å². The van der Waals surface area contributed by atoms with Gasteiger partial charge in [-0.1, -0.05) is 0 Å². The van der Waals surface area contributed by atoms with Crippen molar-refractivity contribution >= 4 is 19.7 Å². The summed E-state index contributed by atoms with van der Waals surface area (Å²) in [4.78, 5) is 0.192. The summed E-state index contributed by atoms with van der Waals surface area (Å²) in [6.07, 6.45) is 0. The van der Waals surface area contributed by atoms with E-state index in [0.29, 0.717) is 22.6 Å². The largest absolute Gasteiger partial charge is 0.497 e. The van der Waals surface area contributed by atoms with Gasteiger partial charge in [-0.2, -0.15) is 10.2 Å². The lowest BCUT2D eigenvalue weighted by Crippen LogP contribution is -2.14. The molecule has 0 fully saturated rings. The first-order valence-electron chi connectivity index (χ1n) is 9.55. The van der Waals surface area contributed by atoms with Crippen LogP contribution in [-0.2, 0) is 32.8 Å². The molecule has 0 atom stereocenters. The number of azo groups is 1. The van der Waals surface area contributed by atoms with Gasteiger partial charge in [-0.05, 0) is 60.7 Å². The second kappa shape index (κ2) is 8.36. The maximum absolute atomic E-state index is 13.3. The monoisotopic (exact) mass is 472 g/mol. The highest BCUT2D eigenvalue weighted by Gasteiger charge is 2.30. The Kier molecular flexibility index (Phi) is 5.74. The van der Waals surface area contributed by atoms with Crippen molar-refractivity contribution in [3.05, 3.63) is 71.8 Å². The van der Waals surface area contributed by atoms with Gasteiger partial charge >= 0.3 is 0 Å². The van der Waals surface area contributed by atoms with Crippen molar-refractivity contribution in [3.8, 4) is 11.5 Å². The lowest BCUT2D eigenvalue weighted by Gasteiger charge is -2.19. The summed E-state index contributed by atoms with van der Waals surface area (Å²) in [5.74, 6) is 1.06. The summed E-state index contributed by atoms with van der Waals surface area (Å²) in [6.45, 7) is -0.0436. The minimum Gasteiger partial charge on any atom is -0.497 e. The van der Waals surface area contributed by atoms with Crippen LogP contribution in [0.25, 0.3) is 0 Å². The number of ether oxygens (including phenoxy) is 2. The Balaban J connectivity index is 1.85. The van der Waals surface area contributed by atoms with Crippen LogP contribution in [0.4, 0.5) is 0 Å². The van der Waals surface area contributed by atoms with Crippen molar-refractivity contribution in [2.24, 2.45) is 10.2 Å². The molecule has 1 heterocycles. The Labute approximate surface area is 186 Å². The first-order chi connectivity index (χ1) is 15.3. The van der Waals surface area contributed by atoms with Crippen LogP contribution in [0.3, 0.4) is 0 Å². The molecule has 32 heavy (non-hydrogen) atoms. The Bertz CT molecular complexity index is 1290. The second-order valence-corrected chi connectivity index (χ2v) is 10.8. The molecule has 3 aromatic carbocycles. The average molecular weight is 473 g/mol. The van der Waals surface area contributed by atoms with Crippen LogP contribution >= 0.6 is 0 Å². The van der Waals surface area contributed by atoms with E-state index in [0.717, 1.165) is 0 Å². The molecule has 10 heteroatoms. The zero-order chi connectivity index (χ0) is 22.9. The van der Waals surface area contributed by atoms with Crippen molar-refractivity contribution in [2.75, 3.05) is 14.2 Å². The first kappa shape index (κ1) is 22.0. The van der Waals surface area contributed by atoms with Crippen molar-refractivity contribution in [2.45, 2.75) is 32.7 Å². The number of sulfone groups is 2. The second-order valence-electron chi connectivity index (χ2n) is 6.98. The Morgan fingerprint density at radius 1 is 0.594 bits per heavy atom. The predicted octanol–water partition coefficient (Wildman–Crippen LogP) is 3.84.